The topological polar surface area (TPSA) is 91.7 Å². The highest BCUT2D eigenvalue weighted by Crippen LogP contribution is 2.31. The Hall–Kier alpha value is -3.39. The lowest BCUT2D eigenvalue weighted by Crippen LogP contribution is -2.36. The molecule has 29 heavy (non-hydrogen) atoms. The fourth-order valence-corrected chi connectivity index (χ4v) is 3.94. The fourth-order valence-electron chi connectivity index (χ4n) is 3.27. The number of carbonyl (C=O) groups is 3. The maximum Gasteiger partial charge on any atom is 0.313 e. The van der Waals surface area contributed by atoms with Crippen LogP contribution in [0.4, 0.5) is 11.4 Å². The highest BCUT2D eigenvalue weighted by Gasteiger charge is 2.25. The van der Waals surface area contributed by atoms with Gasteiger partial charge in [-0.15, -0.1) is 11.3 Å². The summed E-state index contributed by atoms with van der Waals surface area (Å²) in [6.07, 6.45) is 3.14. The SMILES string of the molecule is O=C(NCc1ccco1)C(=O)Nc1ccc2c(c1)CCCN2C(=O)c1cccs1. The molecule has 148 valence electrons. The quantitative estimate of drug-likeness (QED) is 0.648. The van der Waals surface area contributed by atoms with Gasteiger partial charge in [-0.25, -0.2) is 0 Å². The molecule has 0 fully saturated rings. The molecular weight excluding hydrogens is 390 g/mol. The van der Waals surface area contributed by atoms with Gasteiger partial charge in [-0.05, 0) is 60.2 Å². The number of fused-ring (bicyclic) bond motifs is 1. The summed E-state index contributed by atoms with van der Waals surface area (Å²) >= 11 is 1.42. The molecule has 4 rings (SSSR count). The zero-order chi connectivity index (χ0) is 20.2. The van der Waals surface area contributed by atoms with Crippen molar-refractivity contribution in [2.75, 3.05) is 16.8 Å². The number of benzene rings is 1. The Bertz CT molecular complexity index is 1030. The van der Waals surface area contributed by atoms with Crippen LogP contribution in [0.3, 0.4) is 0 Å². The highest BCUT2D eigenvalue weighted by atomic mass is 32.1. The van der Waals surface area contributed by atoms with Gasteiger partial charge in [0.2, 0.25) is 0 Å². The largest absolute Gasteiger partial charge is 0.467 e. The molecule has 1 aromatic carbocycles. The predicted octanol–water partition coefficient (Wildman–Crippen LogP) is 3.19. The van der Waals surface area contributed by atoms with Crippen LogP contribution in [0.25, 0.3) is 0 Å². The molecule has 0 radical (unpaired) electrons. The summed E-state index contributed by atoms with van der Waals surface area (Å²) in [7, 11) is 0. The molecule has 7 nitrogen and oxygen atoms in total. The first kappa shape index (κ1) is 18.9. The number of nitrogens with one attached hydrogen (secondary N) is 2. The molecule has 0 saturated carbocycles. The molecule has 3 aromatic rings. The third-order valence-corrected chi connectivity index (χ3v) is 5.50. The van der Waals surface area contributed by atoms with E-state index < -0.39 is 11.8 Å². The lowest BCUT2D eigenvalue weighted by atomic mass is 10.0. The normalized spacial score (nSPS) is 12.9. The first-order valence-electron chi connectivity index (χ1n) is 9.21. The van der Waals surface area contributed by atoms with E-state index in [1.165, 1.54) is 17.6 Å². The van der Waals surface area contributed by atoms with Crippen molar-refractivity contribution in [3.63, 3.8) is 0 Å². The van der Waals surface area contributed by atoms with Gasteiger partial charge in [0.05, 0.1) is 17.7 Å². The summed E-state index contributed by atoms with van der Waals surface area (Å²) in [5.74, 6) is -0.946. The van der Waals surface area contributed by atoms with Crippen molar-refractivity contribution in [1.82, 2.24) is 5.32 Å². The van der Waals surface area contributed by atoms with Crippen LogP contribution in [-0.4, -0.2) is 24.3 Å². The summed E-state index contributed by atoms with van der Waals surface area (Å²) < 4.78 is 5.12. The number of nitrogens with zero attached hydrogens (tertiary/aromatic N) is 1. The summed E-state index contributed by atoms with van der Waals surface area (Å²) in [6.45, 7) is 0.799. The summed E-state index contributed by atoms with van der Waals surface area (Å²) in [4.78, 5) is 39.4. The van der Waals surface area contributed by atoms with E-state index >= 15 is 0 Å². The molecule has 3 heterocycles. The smallest absolute Gasteiger partial charge is 0.313 e. The Morgan fingerprint density at radius 1 is 1.10 bits per heavy atom. The van der Waals surface area contributed by atoms with Gasteiger partial charge < -0.3 is 20.0 Å². The van der Waals surface area contributed by atoms with Gasteiger partial charge >= 0.3 is 11.8 Å². The Morgan fingerprint density at radius 3 is 2.76 bits per heavy atom. The second kappa shape index (κ2) is 8.32. The van der Waals surface area contributed by atoms with Crippen molar-refractivity contribution in [1.29, 1.82) is 0 Å². The van der Waals surface area contributed by atoms with Crippen LogP contribution in [0.5, 0.6) is 0 Å². The lowest BCUT2D eigenvalue weighted by Gasteiger charge is -2.29. The molecule has 0 spiro atoms. The van der Waals surface area contributed by atoms with E-state index in [2.05, 4.69) is 10.6 Å². The minimum atomic E-state index is -0.751. The van der Waals surface area contributed by atoms with E-state index in [0.717, 1.165) is 24.1 Å². The summed E-state index contributed by atoms with van der Waals surface area (Å²) in [5.41, 5.74) is 2.33. The fraction of sp³-hybridized carbons (Fsp3) is 0.190. The Labute approximate surface area is 171 Å². The maximum absolute atomic E-state index is 12.8. The standard InChI is InChI=1S/C21H19N3O4S/c25-19(22-13-16-5-2-10-28-16)20(26)23-15-7-8-17-14(12-15)4-1-9-24(17)21(27)18-6-3-11-29-18/h2-3,5-8,10-12H,1,4,9,13H2,(H,22,25)(H,23,26). The van der Waals surface area contributed by atoms with Gasteiger partial charge in [0.25, 0.3) is 5.91 Å². The van der Waals surface area contributed by atoms with Crippen LogP contribution in [-0.2, 0) is 22.6 Å². The van der Waals surface area contributed by atoms with Gasteiger partial charge in [-0.3, -0.25) is 14.4 Å². The second-order valence-corrected chi connectivity index (χ2v) is 7.54. The third-order valence-electron chi connectivity index (χ3n) is 4.64. The minimum Gasteiger partial charge on any atom is -0.467 e. The molecule has 2 N–H and O–H groups in total. The number of rotatable bonds is 4. The predicted molar refractivity (Wildman–Crippen MR) is 110 cm³/mol. The van der Waals surface area contributed by atoms with Gasteiger partial charge in [0, 0.05) is 17.9 Å². The molecular formula is C21H19N3O4S. The van der Waals surface area contributed by atoms with Crippen LogP contribution in [0.15, 0.2) is 58.5 Å². The van der Waals surface area contributed by atoms with Gasteiger partial charge in [-0.1, -0.05) is 6.07 Å². The van der Waals surface area contributed by atoms with Crippen LogP contribution in [0, 0.1) is 0 Å². The number of carbonyl (C=O) groups excluding carboxylic acids is 3. The molecule has 0 saturated heterocycles. The number of anilines is 2. The second-order valence-electron chi connectivity index (χ2n) is 6.60. The zero-order valence-electron chi connectivity index (χ0n) is 15.5. The number of aryl methyl sites for hydroxylation is 1. The Kier molecular flexibility index (Phi) is 5.44. The molecule has 2 aromatic heterocycles. The zero-order valence-corrected chi connectivity index (χ0v) is 16.3. The number of hydrogen-bond donors (Lipinski definition) is 2. The van der Waals surface area contributed by atoms with E-state index in [9.17, 15) is 14.4 Å². The molecule has 0 aliphatic carbocycles. The van der Waals surface area contributed by atoms with Crippen LogP contribution < -0.4 is 15.5 Å². The van der Waals surface area contributed by atoms with Crippen molar-refractivity contribution in [2.45, 2.75) is 19.4 Å². The molecule has 8 heteroatoms. The van der Waals surface area contributed by atoms with Crippen molar-refractivity contribution in [3.8, 4) is 0 Å². The monoisotopic (exact) mass is 409 g/mol. The average molecular weight is 409 g/mol. The lowest BCUT2D eigenvalue weighted by molar-refractivity contribution is -0.136. The Balaban J connectivity index is 1.43. The number of hydrogen-bond acceptors (Lipinski definition) is 5. The van der Waals surface area contributed by atoms with Gasteiger partial charge in [0.15, 0.2) is 0 Å². The highest BCUT2D eigenvalue weighted by molar-refractivity contribution is 7.12. The molecule has 0 atom stereocenters. The van der Waals surface area contributed by atoms with Crippen molar-refractivity contribution >= 4 is 40.4 Å². The van der Waals surface area contributed by atoms with E-state index in [1.54, 1.807) is 23.1 Å². The third kappa shape index (κ3) is 4.22. The van der Waals surface area contributed by atoms with Crippen LogP contribution >= 0.6 is 11.3 Å². The first-order chi connectivity index (χ1) is 14.1. The van der Waals surface area contributed by atoms with E-state index in [0.29, 0.717) is 22.9 Å². The molecule has 1 aliphatic rings. The van der Waals surface area contributed by atoms with Crippen molar-refractivity contribution < 1.29 is 18.8 Å². The first-order valence-corrected chi connectivity index (χ1v) is 10.1. The summed E-state index contributed by atoms with van der Waals surface area (Å²) in [6, 6.07) is 12.4. The van der Waals surface area contributed by atoms with E-state index in [1.807, 2.05) is 29.6 Å². The Morgan fingerprint density at radius 2 is 2.00 bits per heavy atom. The maximum atomic E-state index is 12.8. The van der Waals surface area contributed by atoms with Gasteiger partial charge in [-0.2, -0.15) is 0 Å². The molecule has 3 amide bonds. The number of furan rings is 1. The van der Waals surface area contributed by atoms with Crippen LogP contribution in [0.2, 0.25) is 0 Å². The van der Waals surface area contributed by atoms with E-state index in [-0.39, 0.29) is 12.5 Å². The average Bonchev–Trinajstić information content (AvgIpc) is 3.45. The van der Waals surface area contributed by atoms with Crippen molar-refractivity contribution in [3.05, 3.63) is 70.3 Å². The van der Waals surface area contributed by atoms with Gasteiger partial charge in [0.1, 0.15) is 5.76 Å². The number of thiophene rings is 1. The minimum absolute atomic E-state index is 0.0185. The van der Waals surface area contributed by atoms with Crippen LogP contribution in [0.1, 0.15) is 27.4 Å². The summed E-state index contributed by atoms with van der Waals surface area (Å²) in [5, 5.41) is 7.00. The number of amides is 3. The molecule has 0 bridgehead atoms. The molecule has 1 aliphatic heterocycles. The van der Waals surface area contributed by atoms with E-state index in [4.69, 9.17) is 4.42 Å². The van der Waals surface area contributed by atoms with Crippen molar-refractivity contribution in [2.24, 2.45) is 0 Å². The molecule has 0 unspecified atom stereocenters.